The fourth-order valence-corrected chi connectivity index (χ4v) is 21.3. The van der Waals surface area contributed by atoms with E-state index in [0.29, 0.717) is 9.75 Å². The van der Waals surface area contributed by atoms with E-state index in [2.05, 4.69) is 167 Å². The van der Waals surface area contributed by atoms with Crippen molar-refractivity contribution in [3.63, 3.8) is 0 Å². The van der Waals surface area contributed by atoms with Gasteiger partial charge in [0.05, 0.1) is 32.7 Å². The Hall–Kier alpha value is -5.25. The average Bonchev–Trinajstić information content (AvgIpc) is 1.51. The molecule has 0 saturated carbocycles. The van der Waals surface area contributed by atoms with Gasteiger partial charge in [0.25, 0.3) is 10.1 Å². The molecule has 0 fully saturated rings. The zero-order chi connectivity index (χ0) is 66.0. The Morgan fingerprint density at radius 2 is 0.860 bits per heavy atom. The van der Waals surface area contributed by atoms with Crippen LogP contribution in [0.25, 0.3) is 41.8 Å². The van der Waals surface area contributed by atoms with Crippen LogP contribution in [0.5, 0.6) is 0 Å². The Morgan fingerprint density at radius 1 is 0.505 bits per heavy atom. The second-order valence-electron chi connectivity index (χ2n) is 22.1. The van der Waals surface area contributed by atoms with Crippen molar-refractivity contribution in [1.29, 1.82) is 0 Å². The summed E-state index contributed by atoms with van der Waals surface area (Å²) in [5.41, 5.74) is 7.37. The predicted molar refractivity (Wildman–Crippen MR) is 390 cm³/mol. The summed E-state index contributed by atoms with van der Waals surface area (Å²) < 4.78 is 72.0. The van der Waals surface area contributed by atoms with Crippen LogP contribution >= 0.6 is 118 Å². The van der Waals surface area contributed by atoms with Crippen LogP contribution in [0.1, 0.15) is 127 Å². The maximum atomic E-state index is 15.6. The molecule has 14 rings (SSSR count). The van der Waals surface area contributed by atoms with Gasteiger partial charge in [0, 0.05) is 74.5 Å². The molecule has 1 N–H and O–H groups in total. The maximum Gasteiger partial charge on any atom is 1.00 e. The summed E-state index contributed by atoms with van der Waals surface area (Å²) in [5, 5.41) is 7.95. The molecule has 0 bridgehead atoms. The second-order valence-corrected chi connectivity index (χ2v) is 35.0. The predicted octanol–water partition coefficient (Wildman–Crippen LogP) is 20.5. The van der Waals surface area contributed by atoms with Crippen LogP contribution in [0.2, 0.25) is 0 Å². The number of benzene rings is 3. The van der Waals surface area contributed by atoms with Crippen molar-refractivity contribution in [2.75, 3.05) is 13.2 Å². The number of aryl methyl sites for hydroxylation is 6. The third-order valence-electron chi connectivity index (χ3n) is 14.9. The first-order valence-electron chi connectivity index (χ1n) is 29.1. The molecular weight excluding hydrogens is 1420 g/mol. The SMILES string of the molecule is CCOC(=O)c1c(F)c(-c2cccs2)c(C(=O)OCC)c(F)c1-c1cccs1.C[C-](C)C.Cc1ccc(Br)s1.Cc1ccc(C2(c3ccc(C)s3)c3cc4c(cc3-c3sccc32)C(c2ccc(C)s2)(c2ccc(C)s2)c2ccsc2-4)s1.Cc1ccc(S(=O)(=O)O)cc1.[Li+]. The van der Waals surface area contributed by atoms with Gasteiger partial charge in [0.2, 0.25) is 0 Å². The number of esters is 2. The van der Waals surface area contributed by atoms with Gasteiger partial charge in [-0.25, -0.2) is 18.4 Å². The van der Waals surface area contributed by atoms with Crippen LogP contribution < -0.4 is 18.9 Å². The summed E-state index contributed by atoms with van der Waals surface area (Å²) >= 11 is 19.0. The zero-order valence-corrected chi connectivity index (χ0v) is 62.8. The fourth-order valence-electron chi connectivity index (χ4n) is 11.3. The molecule has 9 heterocycles. The summed E-state index contributed by atoms with van der Waals surface area (Å²) in [4.78, 5) is 41.0. The van der Waals surface area contributed by atoms with Crippen LogP contribution in [0.15, 0.2) is 164 Å². The Balaban J connectivity index is 0.000000171. The number of carbonyl (C=O) groups is 2. The number of fused-ring (bicyclic) bond motifs is 6. The Kier molecular flexibility index (Phi) is 23.6. The van der Waals surface area contributed by atoms with E-state index in [-0.39, 0.29) is 58.9 Å². The zero-order valence-electron chi connectivity index (χ0n) is 53.0. The number of hydrogen-bond donors (Lipinski definition) is 1. The van der Waals surface area contributed by atoms with Gasteiger partial charge in [-0.15, -0.1) is 102 Å². The van der Waals surface area contributed by atoms with Crippen molar-refractivity contribution in [2.45, 2.75) is 91.9 Å². The van der Waals surface area contributed by atoms with Gasteiger partial charge in [-0.2, -0.15) is 29.2 Å². The van der Waals surface area contributed by atoms with E-state index in [1.165, 1.54) is 109 Å². The van der Waals surface area contributed by atoms with E-state index in [1.807, 2.05) is 74.9 Å². The number of ether oxygens (including phenoxy) is 2. The number of carbonyl (C=O) groups excluding carboxylic acids is 2. The molecule has 476 valence electrons. The minimum absolute atomic E-state index is 0. The third kappa shape index (κ3) is 14.4. The van der Waals surface area contributed by atoms with Gasteiger partial charge in [-0.05, 0) is 235 Å². The van der Waals surface area contributed by atoms with Crippen molar-refractivity contribution in [3.05, 3.63) is 259 Å². The first kappa shape index (κ1) is 72.0. The minimum atomic E-state index is -4.02. The van der Waals surface area contributed by atoms with Gasteiger partial charge >= 0.3 is 30.8 Å². The van der Waals surface area contributed by atoms with Crippen LogP contribution in [-0.2, 0) is 30.4 Å². The molecular formula is C72H64BrF2LiO7S10. The summed E-state index contributed by atoms with van der Waals surface area (Å²) in [6.07, 6.45) is 0. The quantitative estimate of drug-likeness (QED) is 0.0595. The van der Waals surface area contributed by atoms with E-state index >= 15 is 8.78 Å². The van der Waals surface area contributed by atoms with Crippen LogP contribution in [0.4, 0.5) is 8.78 Å². The van der Waals surface area contributed by atoms with E-state index < -0.39 is 44.8 Å². The molecule has 12 aromatic rings. The van der Waals surface area contributed by atoms with Crippen molar-refractivity contribution >= 4 is 140 Å². The summed E-state index contributed by atoms with van der Waals surface area (Å²) in [6.45, 7) is 22.3. The molecule has 9 aromatic heterocycles. The largest absolute Gasteiger partial charge is 1.00 e. The summed E-state index contributed by atoms with van der Waals surface area (Å²) in [5.74, 6) is -2.58. The molecule has 93 heavy (non-hydrogen) atoms. The molecule has 2 aliphatic rings. The first-order chi connectivity index (χ1) is 43.9. The summed E-state index contributed by atoms with van der Waals surface area (Å²) in [6, 6.07) is 45.3. The number of rotatable bonds is 11. The molecule has 3 aromatic carbocycles. The standard InChI is InChI=1S/C36H26S6.C20H16F2O4S2.C7H8O3S.C5H5BrS.C4H9.Li/c1-19-5-9-29(39-19)35(30-10-6-20(2)40-30)25-13-15-37-33(25)23-18-28-24(17-27(23)35)34-26(14-16-38-34)36(28,31-11-7-21(3)41-31)32-12-8-22(4)42-32;1-3-25-19(23)15-13(11-7-5-9-27-11)18(22)16(20(24)26-4-2)14(17(15)21)12-8-6-10-28-12;1-6-2-4-7(5-3-6)11(8,9)10;1-4-2-3-5(6)7-4;1-4(2)3;/h5-18H,1-4H3;5-10H,3-4H2,1-2H3;2-5H,1H3,(H,8,9,10);2-3H,1H3;1-3H3;/q;;;;-1;+1. The smallest absolute Gasteiger partial charge is 0.462 e. The van der Waals surface area contributed by atoms with Crippen LogP contribution in [0, 0.1) is 59.1 Å². The van der Waals surface area contributed by atoms with E-state index in [9.17, 15) is 18.0 Å². The monoisotopic (exact) mass is 1480 g/mol. The average molecular weight is 1490 g/mol. The van der Waals surface area contributed by atoms with E-state index in [0.717, 1.165) is 28.2 Å². The van der Waals surface area contributed by atoms with Gasteiger partial charge in [-0.1, -0.05) is 29.8 Å². The van der Waals surface area contributed by atoms with E-state index in [1.54, 1.807) is 72.3 Å². The van der Waals surface area contributed by atoms with Gasteiger partial charge in [0.15, 0.2) is 0 Å². The van der Waals surface area contributed by atoms with Gasteiger partial charge in [0.1, 0.15) is 22.8 Å². The first-order valence-corrected chi connectivity index (χ1v) is 38.9. The number of hydrogen-bond acceptors (Lipinski definition) is 15. The molecule has 21 heteroatoms. The number of thiophene rings is 9. The molecule has 7 nitrogen and oxygen atoms in total. The third-order valence-corrected chi connectivity index (χ3v) is 25.5. The summed E-state index contributed by atoms with van der Waals surface area (Å²) in [7, 11) is -4.02. The Bertz CT molecular complexity index is 4350. The number of halogens is 3. The Morgan fingerprint density at radius 3 is 1.13 bits per heavy atom. The molecule has 0 radical (unpaired) electrons. The van der Waals surface area contributed by atoms with Crippen LogP contribution in [-0.4, -0.2) is 38.1 Å². The van der Waals surface area contributed by atoms with E-state index in [4.69, 9.17) is 14.0 Å². The molecule has 0 atom stereocenters. The van der Waals surface area contributed by atoms with Crippen molar-refractivity contribution < 1.29 is 59.7 Å². The van der Waals surface area contributed by atoms with Crippen molar-refractivity contribution in [2.24, 2.45) is 0 Å². The molecule has 0 unspecified atom stereocenters. The fraction of sp³-hybridized carbons (Fsp3) is 0.208. The maximum absolute atomic E-state index is 15.6. The molecule has 0 spiro atoms. The topological polar surface area (TPSA) is 107 Å². The normalized spacial score (nSPS) is 12.7. The van der Waals surface area contributed by atoms with Gasteiger partial charge in [-0.3, -0.25) is 4.55 Å². The molecule has 0 saturated heterocycles. The molecule has 0 aliphatic heterocycles. The van der Waals surface area contributed by atoms with Gasteiger partial charge < -0.3 is 15.4 Å². The Labute approximate surface area is 599 Å². The van der Waals surface area contributed by atoms with Crippen molar-refractivity contribution in [3.8, 4) is 41.8 Å². The minimum Gasteiger partial charge on any atom is -0.462 e. The molecule has 0 amide bonds. The second kappa shape index (κ2) is 30.4. The molecule has 2 aliphatic carbocycles. The van der Waals surface area contributed by atoms with Crippen molar-refractivity contribution in [1.82, 2.24) is 0 Å². The van der Waals surface area contributed by atoms with Crippen LogP contribution in [0.3, 0.4) is 0 Å².